The molecule has 0 aliphatic heterocycles. The van der Waals surface area contributed by atoms with Gasteiger partial charge in [0, 0.05) is 5.56 Å². The Bertz CT molecular complexity index is 704. The first-order chi connectivity index (χ1) is 9.01. The van der Waals surface area contributed by atoms with Crippen molar-refractivity contribution in [2.45, 2.75) is 0 Å². The van der Waals surface area contributed by atoms with Crippen LogP contribution in [-0.4, -0.2) is 16.2 Å². The third kappa shape index (κ3) is 2.53. The number of nitriles is 1. The van der Waals surface area contributed by atoms with Crippen LogP contribution < -0.4 is 0 Å². The molecule has 0 aliphatic carbocycles. The Morgan fingerprint density at radius 3 is 2.58 bits per heavy atom. The fourth-order valence-corrected chi connectivity index (χ4v) is 1.71. The van der Waals surface area contributed by atoms with Gasteiger partial charge in [-0.1, -0.05) is 0 Å². The molecule has 2 rings (SSSR count). The van der Waals surface area contributed by atoms with Gasteiger partial charge in [0.25, 0.3) is 0 Å². The molecule has 2 aromatic carbocycles. The second-order valence-corrected chi connectivity index (χ2v) is 3.88. The molecule has 0 bridgehead atoms. The fraction of sp³-hybridized carbons (Fsp3) is 0. The summed E-state index contributed by atoms with van der Waals surface area (Å²) in [5.41, 5.74) is 0.359. The van der Waals surface area contributed by atoms with Gasteiger partial charge in [0.1, 0.15) is 11.6 Å². The van der Waals surface area contributed by atoms with Crippen LogP contribution in [0.15, 0.2) is 36.4 Å². The zero-order valence-electron chi connectivity index (χ0n) is 9.59. The lowest BCUT2D eigenvalue weighted by Crippen LogP contribution is -1.97. The smallest absolute Gasteiger partial charge is 0.335 e. The van der Waals surface area contributed by atoms with E-state index in [4.69, 9.17) is 10.4 Å². The number of carboxylic acid groups (broad SMARTS) is 1. The quantitative estimate of drug-likeness (QED) is 0.866. The van der Waals surface area contributed by atoms with Crippen molar-refractivity contribution in [3.8, 4) is 22.9 Å². The topological polar surface area (TPSA) is 81.3 Å². The Balaban J connectivity index is 2.64. The highest BCUT2D eigenvalue weighted by atomic mass is 19.1. The van der Waals surface area contributed by atoms with Gasteiger partial charge >= 0.3 is 5.97 Å². The van der Waals surface area contributed by atoms with Gasteiger partial charge in [-0.15, -0.1) is 0 Å². The van der Waals surface area contributed by atoms with Gasteiger partial charge in [-0.05, 0) is 42.0 Å². The lowest BCUT2D eigenvalue weighted by Gasteiger charge is -2.06. The molecule has 4 nitrogen and oxygen atoms in total. The number of hydrogen-bond donors (Lipinski definition) is 2. The summed E-state index contributed by atoms with van der Waals surface area (Å²) < 4.78 is 13.7. The van der Waals surface area contributed by atoms with E-state index in [0.717, 1.165) is 18.2 Å². The molecule has 0 fully saturated rings. The number of nitrogens with zero attached hydrogens (tertiary/aromatic N) is 1. The van der Waals surface area contributed by atoms with Gasteiger partial charge in [0.15, 0.2) is 0 Å². The fourth-order valence-electron chi connectivity index (χ4n) is 1.71. The second-order valence-electron chi connectivity index (χ2n) is 3.88. The molecule has 5 heteroatoms. The van der Waals surface area contributed by atoms with Gasteiger partial charge in [-0.3, -0.25) is 0 Å². The molecular formula is C14H8FNO3. The van der Waals surface area contributed by atoms with E-state index in [9.17, 15) is 14.3 Å². The molecular weight excluding hydrogens is 249 g/mol. The first kappa shape index (κ1) is 12.6. The average molecular weight is 257 g/mol. The number of benzene rings is 2. The number of phenolic OH excluding ortho intramolecular Hbond substituents is 1. The molecule has 2 N–H and O–H groups in total. The number of aromatic hydroxyl groups is 1. The van der Waals surface area contributed by atoms with Crippen molar-refractivity contribution in [3.63, 3.8) is 0 Å². The number of rotatable bonds is 2. The van der Waals surface area contributed by atoms with Crippen LogP contribution in [0.25, 0.3) is 11.1 Å². The molecule has 0 aliphatic rings. The number of halogens is 1. The summed E-state index contributed by atoms with van der Waals surface area (Å²) >= 11 is 0. The molecule has 0 heterocycles. The van der Waals surface area contributed by atoms with Crippen LogP contribution in [0.2, 0.25) is 0 Å². The van der Waals surface area contributed by atoms with E-state index >= 15 is 0 Å². The molecule has 0 atom stereocenters. The predicted octanol–water partition coefficient (Wildman–Crippen LogP) is 2.77. The van der Waals surface area contributed by atoms with Gasteiger partial charge in [-0.2, -0.15) is 5.26 Å². The summed E-state index contributed by atoms with van der Waals surface area (Å²) in [6, 6.07) is 9.07. The predicted molar refractivity (Wildman–Crippen MR) is 65.2 cm³/mol. The van der Waals surface area contributed by atoms with E-state index in [0.29, 0.717) is 0 Å². The summed E-state index contributed by atoms with van der Waals surface area (Å²) in [5.74, 6) is -1.99. The van der Waals surface area contributed by atoms with Crippen molar-refractivity contribution in [2.75, 3.05) is 0 Å². The van der Waals surface area contributed by atoms with E-state index in [1.165, 1.54) is 18.2 Å². The minimum atomic E-state index is -1.18. The van der Waals surface area contributed by atoms with E-state index < -0.39 is 11.8 Å². The lowest BCUT2D eigenvalue weighted by atomic mass is 10.0. The molecule has 0 saturated heterocycles. The molecule has 0 radical (unpaired) electrons. The Labute approximate surface area is 108 Å². The maximum atomic E-state index is 13.7. The summed E-state index contributed by atoms with van der Waals surface area (Å²) in [6.07, 6.45) is 0. The minimum Gasteiger partial charge on any atom is -0.508 e. The van der Waals surface area contributed by atoms with E-state index in [-0.39, 0.29) is 28.0 Å². The van der Waals surface area contributed by atoms with Gasteiger partial charge in [-0.25, -0.2) is 9.18 Å². The molecule has 94 valence electrons. The number of carboxylic acids is 1. The summed E-state index contributed by atoms with van der Waals surface area (Å²) in [5, 5.41) is 27.1. The third-order valence-corrected chi connectivity index (χ3v) is 2.57. The standard InChI is InChI=1S/C14H8FNO3/c15-13-2-1-9(14(18)19)6-12(13)10-3-8(7-16)4-11(17)5-10/h1-6,17H,(H,18,19). The van der Waals surface area contributed by atoms with Crippen LogP contribution >= 0.6 is 0 Å². The SMILES string of the molecule is N#Cc1cc(O)cc(-c2cc(C(=O)O)ccc2F)c1. The highest BCUT2D eigenvalue weighted by Crippen LogP contribution is 2.28. The highest BCUT2D eigenvalue weighted by molar-refractivity contribution is 5.89. The van der Waals surface area contributed by atoms with E-state index in [1.54, 1.807) is 0 Å². The summed E-state index contributed by atoms with van der Waals surface area (Å²) in [6.45, 7) is 0. The van der Waals surface area contributed by atoms with Gasteiger partial charge in [0.05, 0.1) is 17.2 Å². The molecule has 0 spiro atoms. The van der Waals surface area contributed by atoms with Crippen LogP contribution in [0.3, 0.4) is 0 Å². The van der Waals surface area contributed by atoms with Gasteiger partial charge in [0.2, 0.25) is 0 Å². The molecule has 0 unspecified atom stereocenters. The van der Waals surface area contributed by atoms with Crippen LogP contribution in [0.4, 0.5) is 4.39 Å². The van der Waals surface area contributed by atoms with Crippen LogP contribution in [0, 0.1) is 17.1 Å². The zero-order chi connectivity index (χ0) is 14.0. The Morgan fingerprint density at radius 2 is 1.95 bits per heavy atom. The maximum Gasteiger partial charge on any atom is 0.335 e. The Morgan fingerprint density at radius 1 is 1.21 bits per heavy atom. The summed E-state index contributed by atoms with van der Waals surface area (Å²) in [4.78, 5) is 10.9. The Kier molecular flexibility index (Phi) is 3.17. The van der Waals surface area contributed by atoms with E-state index in [1.807, 2.05) is 6.07 Å². The molecule has 0 aromatic heterocycles. The van der Waals surface area contributed by atoms with Crippen molar-refractivity contribution in [2.24, 2.45) is 0 Å². The lowest BCUT2D eigenvalue weighted by molar-refractivity contribution is 0.0697. The second kappa shape index (κ2) is 4.78. The molecule has 2 aromatic rings. The Hall–Kier alpha value is -2.87. The molecule has 0 saturated carbocycles. The number of aromatic carboxylic acids is 1. The first-order valence-corrected chi connectivity index (χ1v) is 5.28. The minimum absolute atomic E-state index is 0.0206. The normalized spacial score (nSPS) is 9.89. The first-order valence-electron chi connectivity index (χ1n) is 5.28. The summed E-state index contributed by atoms with van der Waals surface area (Å²) in [7, 11) is 0. The van der Waals surface area contributed by atoms with Gasteiger partial charge < -0.3 is 10.2 Å². The van der Waals surface area contributed by atoms with E-state index in [2.05, 4.69) is 0 Å². The van der Waals surface area contributed by atoms with Crippen molar-refractivity contribution in [3.05, 3.63) is 53.3 Å². The van der Waals surface area contributed by atoms with Crippen molar-refractivity contribution < 1.29 is 19.4 Å². The zero-order valence-corrected chi connectivity index (χ0v) is 9.59. The highest BCUT2D eigenvalue weighted by Gasteiger charge is 2.11. The molecule has 0 amide bonds. The average Bonchev–Trinajstić information content (AvgIpc) is 2.38. The van der Waals surface area contributed by atoms with Crippen LogP contribution in [0.5, 0.6) is 5.75 Å². The van der Waals surface area contributed by atoms with Crippen molar-refractivity contribution in [1.82, 2.24) is 0 Å². The largest absolute Gasteiger partial charge is 0.508 e. The van der Waals surface area contributed by atoms with Crippen LogP contribution in [-0.2, 0) is 0 Å². The number of carbonyl (C=O) groups is 1. The van der Waals surface area contributed by atoms with Crippen LogP contribution in [0.1, 0.15) is 15.9 Å². The number of hydrogen-bond acceptors (Lipinski definition) is 3. The van der Waals surface area contributed by atoms with Crippen molar-refractivity contribution >= 4 is 5.97 Å². The maximum absolute atomic E-state index is 13.7. The number of phenols is 1. The molecule has 19 heavy (non-hydrogen) atoms. The monoisotopic (exact) mass is 257 g/mol. The van der Waals surface area contributed by atoms with Crippen molar-refractivity contribution in [1.29, 1.82) is 5.26 Å². The third-order valence-electron chi connectivity index (χ3n) is 2.57.